The molecule has 0 aromatic heterocycles. The lowest BCUT2D eigenvalue weighted by Crippen LogP contribution is -1.87. The average molecular weight is 257 g/mol. The average Bonchev–Trinajstić information content (AvgIpc) is 2.47. The van der Waals surface area contributed by atoms with Gasteiger partial charge in [0.05, 0.1) is 19.9 Å². The predicted molar refractivity (Wildman–Crippen MR) is 74.9 cm³/mol. The van der Waals surface area contributed by atoms with Crippen LogP contribution in [0.1, 0.15) is 5.56 Å². The van der Waals surface area contributed by atoms with Crippen LogP contribution in [-0.4, -0.2) is 25.5 Å². The van der Waals surface area contributed by atoms with Gasteiger partial charge in [-0.05, 0) is 48.0 Å². The molecular formula is C15H15NO3. The second-order valence-corrected chi connectivity index (χ2v) is 3.89. The van der Waals surface area contributed by atoms with Crippen molar-refractivity contribution in [3.8, 4) is 17.2 Å². The van der Waals surface area contributed by atoms with E-state index in [1.807, 2.05) is 24.3 Å². The largest absolute Gasteiger partial charge is 0.504 e. The minimum atomic E-state index is 0.115. The molecule has 0 bridgehead atoms. The number of aromatic hydroxyl groups is 1. The van der Waals surface area contributed by atoms with Gasteiger partial charge in [0, 0.05) is 6.21 Å². The van der Waals surface area contributed by atoms with Gasteiger partial charge in [-0.3, -0.25) is 4.99 Å². The summed E-state index contributed by atoms with van der Waals surface area (Å²) in [6.45, 7) is 0. The molecule has 2 aromatic carbocycles. The summed E-state index contributed by atoms with van der Waals surface area (Å²) in [5.41, 5.74) is 1.68. The Labute approximate surface area is 111 Å². The molecule has 0 atom stereocenters. The Balaban J connectivity index is 2.17. The van der Waals surface area contributed by atoms with Gasteiger partial charge in [-0.1, -0.05) is 0 Å². The van der Waals surface area contributed by atoms with Gasteiger partial charge in [0.2, 0.25) is 0 Å². The van der Waals surface area contributed by atoms with E-state index in [-0.39, 0.29) is 5.75 Å². The molecule has 0 spiro atoms. The Morgan fingerprint density at radius 2 is 1.74 bits per heavy atom. The van der Waals surface area contributed by atoms with Crippen LogP contribution in [0.5, 0.6) is 17.2 Å². The molecule has 0 radical (unpaired) electrons. The van der Waals surface area contributed by atoms with Crippen LogP contribution in [0.4, 0.5) is 5.69 Å². The minimum Gasteiger partial charge on any atom is -0.504 e. The monoisotopic (exact) mass is 257 g/mol. The number of methoxy groups -OCH3 is 2. The highest BCUT2D eigenvalue weighted by Gasteiger charge is 2.00. The maximum absolute atomic E-state index is 9.49. The van der Waals surface area contributed by atoms with Crippen molar-refractivity contribution in [2.75, 3.05) is 14.2 Å². The molecule has 2 rings (SSSR count). The summed E-state index contributed by atoms with van der Waals surface area (Å²) in [7, 11) is 3.14. The number of hydrogen-bond acceptors (Lipinski definition) is 4. The summed E-state index contributed by atoms with van der Waals surface area (Å²) in [5, 5.41) is 9.49. The topological polar surface area (TPSA) is 51.0 Å². The number of rotatable bonds is 4. The van der Waals surface area contributed by atoms with Gasteiger partial charge < -0.3 is 14.6 Å². The fourth-order valence-corrected chi connectivity index (χ4v) is 1.59. The third-order valence-electron chi connectivity index (χ3n) is 2.64. The molecule has 98 valence electrons. The van der Waals surface area contributed by atoms with Crippen molar-refractivity contribution in [3.63, 3.8) is 0 Å². The molecule has 0 aliphatic carbocycles. The van der Waals surface area contributed by atoms with E-state index in [4.69, 9.17) is 9.47 Å². The zero-order chi connectivity index (χ0) is 13.7. The molecule has 0 saturated heterocycles. The predicted octanol–water partition coefficient (Wildman–Crippen LogP) is 3.16. The second-order valence-electron chi connectivity index (χ2n) is 3.89. The first-order valence-corrected chi connectivity index (χ1v) is 5.78. The molecule has 19 heavy (non-hydrogen) atoms. The van der Waals surface area contributed by atoms with E-state index in [0.717, 1.165) is 17.0 Å². The molecule has 4 nitrogen and oxygen atoms in total. The summed E-state index contributed by atoms with van der Waals surface area (Å²) >= 11 is 0. The van der Waals surface area contributed by atoms with Gasteiger partial charge in [-0.15, -0.1) is 0 Å². The van der Waals surface area contributed by atoms with Gasteiger partial charge in [0.1, 0.15) is 5.75 Å². The molecule has 4 heteroatoms. The van der Waals surface area contributed by atoms with E-state index in [0.29, 0.717) is 5.75 Å². The lowest BCUT2D eigenvalue weighted by molar-refractivity contribution is 0.373. The van der Waals surface area contributed by atoms with E-state index in [1.165, 1.54) is 7.11 Å². The van der Waals surface area contributed by atoms with Gasteiger partial charge in [0.15, 0.2) is 11.5 Å². The van der Waals surface area contributed by atoms with Crippen molar-refractivity contribution in [1.29, 1.82) is 0 Å². The van der Waals surface area contributed by atoms with Gasteiger partial charge >= 0.3 is 0 Å². The highest BCUT2D eigenvalue weighted by molar-refractivity contribution is 5.83. The molecule has 1 N–H and O–H groups in total. The molecular weight excluding hydrogens is 242 g/mol. The Bertz CT molecular complexity index is 576. The Hall–Kier alpha value is -2.49. The lowest BCUT2D eigenvalue weighted by Gasteiger charge is -2.03. The first-order valence-electron chi connectivity index (χ1n) is 5.78. The van der Waals surface area contributed by atoms with Crippen LogP contribution in [-0.2, 0) is 0 Å². The molecule has 0 aliphatic rings. The number of phenols is 1. The van der Waals surface area contributed by atoms with Gasteiger partial charge in [-0.2, -0.15) is 0 Å². The van der Waals surface area contributed by atoms with E-state index >= 15 is 0 Å². The summed E-state index contributed by atoms with van der Waals surface area (Å²) in [6, 6.07) is 12.5. The highest BCUT2D eigenvalue weighted by atomic mass is 16.5. The molecule has 0 saturated carbocycles. The number of hydrogen-bond donors (Lipinski definition) is 1. The highest BCUT2D eigenvalue weighted by Crippen LogP contribution is 2.26. The van der Waals surface area contributed by atoms with Crippen molar-refractivity contribution < 1.29 is 14.6 Å². The fourth-order valence-electron chi connectivity index (χ4n) is 1.59. The van der Waals surface area contributed by atoms with Crippen molar-refractivity contribution in [2.45, 2.75) is 0 Å². The molecule has 0 unspecified atom stereocenters. The summed E-state index contributed by atoms with van der Waals surface area (Å²) in [5.74, 6) is 1.34. The third kappa shape index (κ3) is 3.25. The van der Waals surface area contributed by atoms with Crippen LogP contribution in [0, 0.1) is 0 Å². The number of phenolic OH excluding ortho intramolecular Hbond substituents is 1. The number of nitrogens with zero attached hydrogens (tertiary/aromatic N) is 1. The van der Waals surface area contributed by atoms with Gasteiger partial charge in [-0.25, -0.2) is 0 Å². The van der Waals surface area contributed by atoms with E-state index in [2.05, 4.69) is 4.99 Å². The second kappa shape index (κ2) is 5.91. The van der Waals surface area contributed by atoms with E-state index in [1.54, 1.807) is 31.5 Å². The molecule has 0 heterocycles. The van der Waals surface area contributed by atoms with Crippen molar-refractivity contribution in [1.82, 2.24) is 0 Å². The Morgan fingerprint density at radius 3 is 2.37 bits per heavy atom. The van der Waals surface area contributed by atoms with E-state index in [9.17, 15) is 5.11 Å². The van der Waals surface area contributed by atoms with Crippen LogP contribution in [0.25, 0.3) is 0 Å². The minimum absolute atomic E-state index is 0.115. The maximum Gasteiger partial charge on any atom is 0.161 e. The van der Waals surface area contributed by atoms with Gasteiger partial charge in [0.25, 0.3) is 0 Å². The van der Waals surface area contributed by atoms with Crippen molar-refractivity contribution in [3.05, 3.63) is 48.0 Å². The molecule has 2 aromatic rings. The molecule has 0 aliphatic heterocycles. The Morgan fingerprint density at radius 1 is 1.00 bits per heavy atom. The van der Waals surface area contributed by atoms with Crippen LogP contribution in [0.3, 0.4) is 0 Å². The summed E-state index contributed by atoms with van der Waals surface area (Å²) < 4.78 is 10.1. The lowest BCUT2D eigenvalue weighted by atomic mass is 10.2. The standard InChI is InChI=1S/C15H15NO3/c1-18-13-6-4-12(5-7-13)16-10-11-3-8-14(17)15(9-11)19-2/h3-10,17H,1-2H3. The van der Waals surface area contributed by atoms with Crippen LogP contribution in [0.15, 0.2) is 47.5 Å². The molecule has 0 fully saturated rings. The maximum atomic E-state index is 9.49. The third-order valence-corrected chi connectivity index (χ3v) is 2.64. The first kappa shape index (κ1) is 13.0. The zero-order valence-electron chi connectivity index (χ0n) is 10.8. The van der Waals surface area contributed by atoms with Crippen LogP contribution >= 0.6 is 0 Å². The Kier molecular flexibility index (Phi) is 4.03. The quantitative estimate of drug-likeness (QED) is 0.856. The van der Waals surface area contributed by atoms with Crippen molar-refractivity contribution in [2.24, 2.45) is 4.99 Å². The summed E-state index contributed by atoms with van der Waals surface area (Å²) in [4.78, 5) is 4.34. The fraction of sp³-hybridized carbons (Fsp3) is 0.133. The number of ether oxygens (including phenoxy) is 2. The van der Waals surface area contributed by atoms with Crippen LogP contribution < -0.4 is 9.47 Å². The normalized spacial score (nSPS) is 10.6. The zero-order valence-corrected chi connectivity index (χ0v) is 10.8. The number of aliphatic imine (C=N–C) groups is 1. The SMILES string of the molecule is COc1ccc(N=Cc2ccc(O)c(OC)c2)cc1. The smallest absolute Gasteiger partial charge is 0.161 e. The first-order chi connectivity index (χ1) is 9.22. The van der Waals surface area contributed by atoms with Crippen molar-refractivity contribution >= 4 is 11.9 Å². The van der Waals surface area contributed by atoms with Crippen LogP contribution in [0.2, 0.25) is 0 Å². The molecule has 0 amide bonds. The summed E-state index contributed by atoms with van der Waals surface area (Å²) in [6.07, 6.45) is 1.71. The number of benzene rings is 2. The van der Waals surface area contributed by atoms with E-state index < -0.39 is 0 Å².